The van der Waals surface area contributed by atoms with Gasteiger partial charge in [-0.25, -0.2) is 0 Å². The van der Waals surface area contributed by atoms with Crippen LogP contribution in [0.3, 0.4) is 0 Å². The van der Waals surface area contributed by atoms with E-state index in [4.69, 9.17) is 4.74 Å². The molecule has 1 heterocycles. The molecule has 0 radical (unpaired) electrons. The molecule has 0 spiro atoms. The first-order chi connectivity index (χ1) is 9.86. The van der Waals surface area contributed by atoms with Crippen LogP contribution in [-0.4, -0.2) is 30.7 Å². The Hall–Kier alpha value is -1.64. The largest absolute Gasteiger partial charge is 0.378 e. The first kappa shape index (κ1) is 13.3. The summed E-state index contributed by atoms with van der Waals surface area (Å²) in [5, 5.41) is 0. The SMILES string of the molecule is COC1CN(Cc2ccccc2)[C@@H]1Cc1ccccc1. The standard InChI is InChI=1S/C18H21NO/c1-20-18-14-19(13-16-10-6-3-7-11-16)17(18)12-15-8-4-2-5-9-15/h2-11,17-18H,12-14H2,1H3/t17-,18?/m1/s1. The molecule has 1 aliphatic heterocycles. The third-order valence-electron chi connectivity index (χ3n) is 4.13. The van der Waals surface area contributed by atoms with Crippen molar-refractivity contribution in [3.05, 3.63) is 71.8 Å². The van der Waals surface area contributed by atoms with Crippen molar-refractivity contribution < 1.29 is 4.74 Å². The number of hydrogen-bond acceptors (Lipinski definition) is 2. The van der Waals surface area contributed by atoms with E-state index in [2.05, 4.69) is 65.6 Å². The summed E-state index contributed by atoms with van der Waals surface area (Å²) in [6.45, 7) is 2.04. The normalized spacial score (nSPS) is 22.4. The molecule has 20 heavy (non-hydrogen) atoms. The lowest BCUT2D eigenvalue weighted by atomic mass is 9.91. The molecule has 1 fully saturated rings. The van der Waals surface area contributed by atoms with E-state index >= 15 is 0 Å². The quantitative estimate of drug-likeness (QED) is 0.825. The van der Waals surface area contributed by atoms with Gasteiger partial charge in [-0.3, -0.25) is 4.90 Å². The maximum atomic E-state index is 5.60. The summed E-state index contributed by atoms with van der Waals surface area (Å²) < 4.78 is 5.60. The van der Waals surface area contributed by atoms with Crippen LogP contribution in [0, 0.1) is 0 Å². The number of benzene rings is 2. The van der Waals surface area contributed by atoms with Crippen LogP contribution in [0.2, 0.25) is 0 Å². The van der Waals surface area contributed by atoms with E-state index in [0.29, 0.717) is 12.1 Å². The van der Waals surface area contributed by atoms with Crippen LogP contribution in [-0.2, 0) is 17.7 Å². The molecule has 3 rings (SSSR count). The highest BCUT2D eigenvalue weighted by Crippen LogP contribution is 2.26. The average Bonchev–Trinajstić information content (AvgIpc) is 2.51. The molecule has 2 heteroatoms. The van der Waals surface area contributed by atoms with E-state index in [-0.39, 0.29) is 0 Å². The summed E-state index contributed by atoms with van der Waals surface area (Å²) in [6, 6.07) is 21.8. The van der Waals surface area contributed by atoms with E-state index in [9.17, 15) is 0 Å². The lowest BCUT2D eigenvalue weighted by Crippen LogP contribution is -2.61. The van der Waals surface area contributed by atoms with Gasteiger partial charge in [0.15, 0.2) is 0 Å². The highest BCUT2D eigenvalue weighted by atomic mass is 16.5. The fourth-order valence-corrected chi connectivity index (χ4v) is 2.93. The molecular formula is C18H21NO. The minimum Gasteiger partial charge on any atom is -0.378 e. The first-order valence-corrected chi connectivity index (χ1v) is 7.21. The van der Waals surface area contributed by atoms with Gasteiger partial charge in [0, 0.05) is 26.2 Å². The second-order valence-electron chi connectivity index (χ2n) is 5.45. The Morgan fingerprint density at radius 2 is 1.55 bits per heavy atom. The van der Waals surface area contributed by atoms with Crippen LogP contribution in [0.15, 0.2) is 60.7 Å². The molecule has 1 unspecified atom stereocenters. The summed E-state index contributed by atoms with van der Waals surface area (Å²) in [5.41, 5.74) is 2.76. The van der Waals surface area contributed by atoms with Crippen LogP contribution < -0.4 is 0 Å². The summed E-state index contributed by atoms with van der Waals surface area (Å²) in [4.78, 5) is 2.51. The lowest BCUT2D eigenvalue weighted by molar-refractivity contribution is -0.0886. The van der Waals surface area contributed by atoms with Crippen LogP contribution in [0.5, 0.6) is 0 Å². The maximum Gasteiger partial charge on any atom is 0.0856 e. The van der Waals surface area contributed by atoms with Crippen molar-refractivity contribution in [1.82, 2.24) is 4.90 Å². The molecule has 0 N–H and O–H groups in total. The molecule has 0 saturated carbocycles. The van der Waals surface area contributed by atoms with Crippen molar-refractivity contribution in [3.8, 4) is 0 Å². The van der Waals surface area contributed by atoms with Gasteiger partial charge < -0.3 is 4.74 Å². The topological polar surface area (TPSA) is 12.5 Å². The molecule has 0 aliphatic carbocycles. The van der Waals surface area contributed by atoms with Gasteiger partial charge in [0.25, 0.3) is 0 Å². The Bertz CT molecular complexity index is 526. The molecule has 2 aromatic rings. The summed E-state index contributed by atoms with van der Waals surface area (Å²) in [7, 11) is 1.82. The second kappa shape index (κ2) is 6.21. The molecular weight excluding hydrogens is 246 g/mol. The highest BCUT2D eigenvalue weighted by Gasteiger charge is 2.38. The molecule has 1 saturated heterocycles. The molecule has 0 bridgehead atoms. The van der Waals surface area contributed by atoms with Crippen LogP contribution in [0.25, 0.3) is 0 Å². The third kappa shape index (κ3) is 2.92. The molecule has 104 valence electrons. The van der Waals surface area contributed by atoms with Gasteiger partial charge in [-0.05, 0) is 17.5 Å². The minimum atomic E-state index is 0.360. The average molecular weight is 267 g/mol. The number of hydrogen-bond donors (Lipinski definition) is 0. The molecule has 1 aliphatic rings. The van der Waals surface area contributed by atoms with E-state index in [0.717, 1.165) is 19.5 Å². The number of ether oxygens (including phenoxy) is 1. The van der Waals surface area contributed by atoms with Crippen LogP contribution >= 0.6 is 0 Å². The Labute approximate surface area is 121 Å². The lowest BCUT2D eigenvalue weighted by Gasteiger charge is -2.47. The Morgan fingerprint density at radius 1 is 0.950 bits per heavy atom. The van der Waals surface area contributed by atoms with Gasteiger partial charge >= 0.3 is 0 Å². The predicted molar refractivity (Wildman–Crippen MR) is 81.6 cm³/mol. The number of nitrogens with zero attached hydrogens (tertiary/aromatic N) is 1. The Kier molecular flexibility index (Phi) is 4.14. The summed E-state index contributed by atoms with van der Waals surface area (Å²) >= 11 is 0. The smallest absolute Gasteiger partial charge is 0.0856 e. The third-order valence-corrected chi connectivity index (χ3v) is 4.13. The van der Waals surface area contributed by atoms with Crippen molar-refractivity contribution in [3.63, 3.8) is 0 Å². The van der Waals surface area contributed by atoms with Gasteiger partial charge in [-0.1, -0.05) is 60.7 Å². The van der Waals surface area contributed by atoms with E-state index in [1.165, 1.54) is 11.1 Å². The van der Waals surface area contributed by atoms with Crippen molar-refractivity contribution >= 4 is 0 Å². The van der Waals surface area contributed by atoms with E-state index in [1.807, 2.05) is 7.11 Å². The zero-order chi connectivity index (χ0) is 13.8. The van der Waals surface area contributed by atoms with Crippen molar-refractivity contribution in [1.29, 1.82) is 0 Å². The number of methoxy groups -OCH3 is 1. The predicted octanol–water partition coefficient (Wildman–Crippen LogP) is 3.13. The van der Waals surface area contributed by atoms with E-state index in [1.54, 1.807) is 0 Å². The Balaban J connectivity index is 1.66. The Morgan fingerprint density at radius 3 is 2.15 bits per heavy atom. The van der Waals surface area contributed by atoms with Crippen LogP contribution in [0.1, 0.15) is 11.1 Å². The monoisotopic (exact) mass is 267 g/mol. The minimum absolute atomic E-state index is 0.360. The molecule has 0 aromatic heterocycles. The summed E-state index contributed by atoms with van der Waals surface area (Å²) in [6.07, 6.45) is 1.42. The fourth-order valence-electron chi connectivity index (χ4n) is 2.93. The summed E-state index contributed by atoms with van der Waals surface area (Å²) in [5.74, 6) is 0. The zero-order valence-corrected chi connectivity index (χ0v) is 11.9. The molecule has 2 aromatic carbocycles. The number of rotatable bonds is 5. The molecule has 2 atom stereocenters. The fraction of sp³-hybridized carbons (Fsp3) is 0.333. The first-order valence-electron chi connectivity index (χ1n) is 7.21. The van der Waals surface area contributed by atoms with Gasteiger partial charge in [0.1, 0.15) is 0 Å². The van der Waals surface area contributed by atoms with Crippen molar-refractivity contribution in [2.75, 3.05) is 13.7 Å². The second-order valence-corrected chi connectivity index (χ2v) is 5.45. The van der Waals surface area contributed by atoms with Crippen molar-refractivity contribution in [2.24, 2.45) is 0 Å². The van der Waals surface area contributed by atoms with Gasteiger partial charge in [0.05, 0.1) is 6.10 Å². The molecule has 0 amide bonds. The maximum absolute atomic E-state index is 5.60. The number of likely N-dealkylation sites (tertiary alicyclic amines) is 1. The van der Waals surface area contributed by atoms with Gasteiger partial charge in [0.2, 0.25) is 0 Å². The van der Waals surface area contributed by atoms with Crippen molar-refractivity contribution in [2.45, 2.75) is 25.1 Å². The van der Waals surface area contributed by atoms with Gasteiger partial charge in [-0.2, -0.15) is 0 Å². The van der Waals surface area contributed by atoms with E-state index < -0.39 is 0 Å². The zero-order valence-electron chi connectivity index (χ0n) is 11.9. The molecule has 2 nitrogen and oxygen atoms in total. The highest BCUT2D eigenvalue weighted by molar-refractivity contribution is 5.19. The van der Waals surface area contributed by atoms with Gasteiger partial charge in [-0.15, -0.1) is 0 Å². The van der Waals surface area contributed by atoms with Crippen LogP contribution in [0.4, 0.5) is 0 Å².